The number of benzene rings is 3. The lowest BCUT2D eigenvalue weighted by atomic mass is 9.98. The molecule has 1 amide bonds. The summed E-state index contributed by atoms with van der Waals surface area (Å²) in [5.41, 5.74) is 2.68. The van der Waals surface area contributed by atoms with Crippen molar-refractivity contribution in [3.8, 4) is 23.5 Å². The SMILES string of the molecule is C#CCN(C(=O)OCC1c2ccccc2-c2ccccc21)c1c(F)cc(C(=O)O)cc1F. The fraction of sp³-hybridized carbons (Fsp3) is 0.120. The molecule has 0 fully saturated rings. The van der Waals surface area contributed by atoms with Gasteiger partial charge in [-0.1, -0.05) is 54.5 Å². The minimum Gasteiger partial charge on any atom is -0.478 e. The normalized spacial score (nSPS) is 11.9. The molecule has 32 heavy (non-hydrogen) atoms. The number of fused-ring (bicyclic) bond motifs is 3. The van der Waals surface area contributed by atoms with Crippen molar-refractivity contribution in [3.63, 3.8) is 0 Å². The van der Waals surface area contributed by atoms with Crippen molar-refractivity contribution in [2.45, 2.75) is 5.92 Å². The first kappa shape index (κ1) is 21.1. The van der Waals surface area contributed by atoms with E-state index in [0.717, 1.165) is 22.3 Å². The molecule has 0 spiro atoms. The maximum atomic E-state index is 14.5. The van der Waals surface area contributed by atoms with Gasteiger partial charge in [-0.25, -0.2) is 18.4 Å². The van der Waals surface area contributed by atoms with Crippen molar-refractivity contribution in [3.05, 3.63) is 89.0 Å². The number of rotatable bonds is 5. The van der Waals surface area contributed by atoms with Crippen molar-refractivity contribution in [2.75, 3.05) is 18.1 Å². The molecule has 0 aromatic heterocycles. The highest BCUT2D eigenvalue weighted by molar-refractivity contribution is 5.92. The van der Waals surface area contributed by atoms with Gasteiger partial charge in [-0.3, -0.25) is 4.90 Å². The molecule has 3 aromatic carbocycles. The Bertz CT molecular complexity index is 1200. The molecule has 4 rings (SSSR count). The smallest absolute Gasteiger partial charge is 0.415 e. The highest BCUT2D eigenvalue weighted by Crippen LogP contribution is 2.44. The van der Waals surface area contributed by atoms with Crippen LogP contribution in [-0.4, -0.2) is 30.3 Å². The topological polar surface area (TPSA) is 66.8 Å². The fourth-order valence-corrected chi connectivity index (χ4v) is 3.94. The zero-order valence-electron chi connectivity index (χ0n) is 16.7. The molecule has 160 valence electrons. The van der Waals surface area contributed by atoms with Gasteiger partial charge in [-0.15, -0.1) is 6.42 Å². The third-order valence-electron chi connectivity index (χ3n) is 5.34. The lowest BCUT2D eigenvalue weighted by molar-refractivity contribution is 0.0695. The van der Waals surface area contributed by atoms with Gasteiger partial charge in [0.2, 0.25) is 0 Å². The van der Waals surface area contributed by atoms with E-state index >= 15 is 0 Å². The standard InChI is InChI=1S/C25H17F2NO4/c1-2-11-28(23-21(26)12-15(24(29)30)13-22(23)27)25(31)32-14-20-18-9-5-3-7-16(18)17-8-4-6-10-19(17)20/h1,3-10,12-13,20H,11,14H2,(H,29,30). The Kier molecular flexibility index (Phi) is 5.61. The van der Waals surface area contributed by atoms with Gasteiger partial charge < -0.3 is 9.84 Å². The van der Waals surface area contributed by atoms with Crippen LogP contribution in [0, 0.1) is 24.0 Å². The average Bonchev–Trinajstić information content (AvgIpc) is 3.10. The average molecular weight is 433 g/mol. The molecule has 1 aliphatic rings. The molecule has 0 radical (unpaired) electrons. The van der Waals surface area contributed by atoms with Crippen LogP contribution in [0.15, 0.2) is 60.7 Å². The molecule has 0 saturated carbocycles. The third-order valence-corrected chi connectivity index (χ3v) is 5.34. The van der Waals surface area contributed by atoms with Gasteiger partial charge in [0.15, 0.2) is 11.6 Å². The van der Waals surface area contributed by atoms with E-state index in [1.165, 1.54) is 0 Å². The highest BCUT2D eigenvalue weighted by Gasteiger charge is 2.31. The van der Waals surface area contributed by atoms with Crippen LogP contribution in [0.2, 0.25) is 0 Å². The number of carboxylic acids is 1. The second-order valence-corrected chi connectivity index (χ2v) is 7.19. The Morgan fingerprint density at radius 2 is 1.53 bits per heavy atom. The molecule has 0 bridgehead atoms. The predicted octanol–water partition coefficient (Wildman–Crippen LogP) is 5.05. The number of anilines is 1. The van der Waals surface area contributed by atoms with Crippen molar-refractivity contribution >= 4 is 17.7 Å². The molecule has 5 nitrogen and oxygen atoms in total. The van der Waals surface area contributed by atoms with Crippen LogP contribution in [0.3, 0.4) is 0 Å². The van der Waals surface area contributed by atoms with E-state index in [1.54, 1.807) is 0 Å². The minimum atomic E-state index is -1.50. The van der Waals surface area contributed by atoms with Gasteiger partial charge in [0.05, 0.1) is 12.1 Å². The van der Waals surface area contributed by atoms with Gasteiger partial charge in [-0.2, -0.15) is 0 Å². The lowest BCUT2D eigenvalue weighted by Gasteiger charge is -2.23. The van der Waals surface area contributed by atoms with Crippen LogP contribution >= 0.6 is 0 Å². The zero-order valence-corrected chi connectivity index (χ0v) is 16.7. The maximum Gasteiger partial charge on any atom is 0.415 e. The van der Waals surface area contributed by atoms with Crippen molar-refractivity contribution in [2.24, 2.45) is 0 Å². The van der Waals surface area contributed by atoms with Crippen LogP contribution in [-0.2, 0) is 4.74 Å². The highest BCUT2D eigenvalue weighted by atomic mass is 19.1. The quantitative estimate of drug-likeness (QED) is 0.572. The Morgan fingerprint density at radius 1 is 1.00 bits per heavy atom. The monoisotopic (exact) mass is 433 g/mol. The molecule has 0 heterocycles. The third kappa shape index (κ3) is 3.67. The first-order valence-electron chi connectivity index (χ1n) is 9.70. The molecule has 7 heteroatoms. The van der Waals surface area contributed by atoms with E-state index in [-0.39, 0.29) is 12.5 Å². The number of carbonyl (C=O) groups excluding carboxylic acids is 1. The molecular weight excluding hydrogens is 416 g/mol. The predicted molar refractivity (Wildman–Crippen MR) is 115 cm³/mol. The first-order valence-corrected chi connectivity index (χ1v) is 9.70. The summed E-state index contributed by atoms with van der Waals surface area (Å²) in [6.45, 7) is -0.526. The molecule has 1 N–H and O–H groups in total. The number of carboxylic acid groups (broad SMARTS) is 1. The number of halogens is 2. The van der Waals surface area contributed by atoms with Crippen molar-refractivity contribution in [1.29, 1.82) is 0 Å². The van der Waals surface area contributed by atoms with Gasteiger partial charge >= 0.3 is 12.1 Å². The summed E-state index contributed by atoms with van der Waals surface area (Å²) in [6, 6.07) is 16.7. The summed E-state index contributed by atoms with van der Waals surface area (Å²) < 4.78 is 34.5. The first-order chi connectivity index (χ1) is 15.4. The second kappa shape index (κ2) is 8.52. The maximum absolute atomic E-state index is 14.5. The van der Waals surface area contributed by atoms with Crippen LogP contribution in [0.1, 0.15) is 27.4 Å². The molecule has 1 aliphatic carbocycles. The van der Waals surface area contributed by atoms with E-state index < -0.39 is 41.5 Å². The summed E-state index contributed by atoms with van der Waals surface area (Å²) >= 11 is 0. The number of carbonyl (C=O) groups is 2. The zero-order chi connectivity index (χ0) is 22.8. The number of nitrogens with zero attached hydrogens (tertiary/aromatic N) is 1. The van der Waals surface area contributed by atoms with Crippen LogP contribution in [0.5, 0.6) is 0 Å². The van der Waals surface area contributed by atoms with E-state index in [1.807, 2.05) is 48.5 Å². The number of amides is 1. The van der Waals surface area contributed by atoms with E-state index in [9.17, 15) is 18.4 Å². The summed E-state index contributed by atoms with van der Waals surface area (Å²) in [6.07, 6.45) is 4.25. The minimum absolute atomic E-state index is 0.0651. The second-order valence-electron chi connectivity index (χ2n) is 7.19. The molecule has 0 aliphatic heterocycles. The molecule has 0 saturated heterocycles. The van der Waals surface area contributed by atoms with Crippen LogP contribution < -0.4 is 4.90 Å². The number of aromatic carboxylic acids is 1. The van der Waals surface area contributed by atoms with Gasteiger partial charge in [0.1, 0.15) is 12.3 Å². The number of hydrogen-bond acceptors (Lipinski definition) is 3. The van der Waals surface area contributed by atoms with Crippen molar-refractivity contribution in [1.82, 2.24) is 0 Å². The Balaban J connectivity index is 1.61. The molecule has 3 aromatic rings. The van der Waals surface area contributed by atoms with E-state index in [0.29, 0.717) is 17.0 Å². The summed E-state index contributed by atoms with van der Waals surface area (Å²) in [4.78, 5) is 24.5. The van der Waals surface area contributed by atoms with Crippen LogP contribution in [0.25, 0.3) is 11.1 Å². The van der Waals surface area contributed by atoms with Gasteiger partial charge in [0, 0.05) is 5.92 Å². The Labute approximate surface area is 182 Å². The summed E-state index contributed by atoms with van der Waals surface area (Å²) in [5, 5.41) is 8.97. The fourth-order valence-electron chi connectivity index (χ4n) is 3.94. The van der Waals surface area contributed by atoms with Crippen LogP contribution in [0.4, 0.5) is 19.3 Å². The van der Waals surface area contributed by atoms with Crippen molar-refractivity contribution < 1.29 is 28.2 Å². The summed E-state index contributed by atoms with van der Waals surface area (Å²) in [7, 11) is 0. The summed E-state index contributed by atoms with van der Waals surface area (Å²) in [5.74, 6) is -2.04. The number of hydrogen-bond donors (Lipinski definition) is 1. The van der Waals surface area contributed by atoms with E-state index in [4.69, 9.17) is 16.3 Å². The number of ether oxygens (including phenoxy) is 1. The van der Waals surface area contributed by atoms with E-state index in [2.05, 4.69) is 5.92 Å². The Hall–Kier alpha value is -4.18. The molecule has 0 atom stereocenters. The van der Waals surface area contributed by atoms with Gasteiger partial charge in [-0.05, 0) is 34.4 Å². The lowest BCUT2D eigenvalue weighted by Crippen LogP contribution is -2.34. The largest absolute Gasteiger partial charge is 0.478 e. The Morgan fingerprint density at radius 3 is 2.03 bits per heavy atom. The number of terminal acetylenes is 1. The van der Waals surface area contributed by atoms with Gasteiger partial charge in [0.25, 0.3) is 0 Å². The molecular formula is C25H17F2NO4. The molecule has 0 unspecified atom stereocenters.